The van der Waals surface area contributed by atoms with E-state index in [9.17, 15) is 0 Å². The number of benzene rings is 1. The summed E-state index contributed by atoms with van der Waals surface area (Å²) in [7, 11) is 0. The molecule has 0 amide bonds. The van der Waals surface area contributed by atoms with Crippen molar-refractivity contribution in [2.24, 2.45) is 0 Å². The molecule has 1 aromatic heterocycles. The highest BCUT2D eigenvalue weighted by molar-refractivity contribution is 7.86. The van der Waals surface area contributed by atoms with Crippen LogP contribution in [0.5, 0.6) is 0 Å². The van der Waals surface area contributed by atoms with Gasteiger partial charge in [-0.15, -0.1) is 0 Å². The Labute approximate surface area is 161 Å². The summed E-state index contributed by atoms with van der Waals surface area (Å²) in [4.78, 5) is 7.17. The van der Waals surface area contributed by atoms with E-state index in [1.54, 1.807) is 0 Å². The molecule has 1 aromatic carbocycles. The van der Waals surface area contributed by atoms with E-state index >= 15 is 0 Å². The lowest BCUT2D eigenvalue weighted by molar-refractivity contribution is 0.105. The second kappa shape index (κ2) is 6.93. The summed E-state index contributed by atoms with van der Waals surface area (Å²) in [6, 6.07) is 7.80. The van der Waals surface area contributed by atoms with Gasteiger partial charge in [0.15, 0.2) is 0 Å². The quantitative estimate of drug-likeness (QED) is 0.563. The highest BCUT2D eigenvalue weighted by Crippen LogP contribution is 2.44. The molecule has 1 saturated heterocycles. The zero-order valence-corrected chi connectivity index (χ0v) is 16.7. The van der Waals surface area contributed by atoms with E-state index in [1.807, 2.05) is 0 Å². The average Bonchev–Trinajstić information content (AvgIpc) is 2.93. The number of likely N-dealkylation sites (tertiary alicyclic amines) is 1. The summed E-state index contributed by atoms with van der Waals surface area (Å²) in [6.45, 7) is 6.74. The smallest absolute Gasteiger partial charge is 0.0853 e. The highest BCUT2D eigenvalue weighted by Gasteiger charge is 2.41. The molecule has 4 rings (SSSR count). The monoisotopic (exact) mass is 373 g/mol. The second-order valence-electron chi connectivity index (χ2n) is 7.53. The minimum absolute atomic E-state index is 0.421. The lowest BCUT2D eigenvalue weighted by atomic mass is 9.73. The number of nitrogens with zero attached hydrogens (tertiary/aromatic N) is 1. The minimum Gasteiger partial charge on any atom is -0.375 e. The van der Waals surface area contributed by atoms with E-state index in [2.05, 4.69) is 59.9 Å². The molecule has 1 aliphatic heterocycles. The number of hydrogen-bond acceptors (Lipinski definition) is 3. The normalized spacial score (nSPS) is 25.8. The third-order valence-corrected chi connectivity index (χ3v) is 6.72. The van der Waals surface area contributed by atoms with Crippen LogP contribution in [-0.2, 0) is 6.42 Å². The van der Waals surface area contributed by atoms with Crippen molar-refractivity contribution in [2.75, 3.05) is 18.8 Å². The van der Waals surface area contributed by atoms with Gasteiger partial charge < -0.3 is 10.3 Å². The topological polar surface area (TPSA) is 31.1 Å². The van der Waals surface area contributed by atoms with Crippen molar-refractivity contribution in [1.29, 1.82) is 0 Å². The zero-order chi connectivity index (χ0) is 17.6. The molecule has 1 fully saturated rings. The molecule has 3 atom stereocenters. The van der Waals surface area contributed by atoms with Crippen molar-refractivity contribution in [3.63, 3.8) is 0 Å². The van der Waals surface area contributed by atoms with Crippen LogP contribution in [0.3, 0.4) is 0 Å². The van der Waals surface area contributed by atoms with E-state index in [4.69, 9.17) is 12.2 Å². The molecule has 0 saturated carbocycles. The lowest BCUT2D eigenvalue weighted by Crippen LogP contribution is -2.56. The Morgan fingerprint density at radius 3 is 3.04 bits per heavy atom. The van der Waals surface area contributed by atoms with Gasteiger partial charge in [-0.1, -0.05) is 31.3 Å². The first kappa shape index (κ1) is 17.4. The van der Waals surface area contributed by atoms with Crippen LogP contribution in [0.25, 0.3) is 10.9 Å². The summed E-state index contributed by atoms with van der Waals surface area (Å²) in [6.07, 6.45) is 3.51. The fourth-order valence-electron chi connectivity index (χ4n) is 4.99. The van der Waals surface area contributed by atoms with Crippen molar-refractivity contribution in [3.8, 4) is 0 Å². The number of piperidine rings is 1. The molecule has 2 N–H and O–H groups in total. The van der Waals surface area contributed by atoms with Gasteiger partial charge in [0.25, 0.3) is 0 Å². The molecular weight excluding hydrogens is 346 g/mol. The van der Waals surface area contributed by atoms with Crippen molar-refractivity contribution >= 4 is 40.7 Å². The average molecular weight is 374 g/mol. The van der Waals surface area contributed by atoms with E-state index in [-0.39, 0.29) is 0 Å². The molecule has 2 aliphatic rings. The fraction of sp³-hybridized carbons (Fsp3) is 0.550. The van der Waals surface area contributed by atoms with Gasteiger partial charge in [0.2, 0.25) is 0 Å². The SMILES string of the molecule is CCCN1C[C@@H](NC(=S)CS)C[C@@H]2c3cccc4[nH]c(C)c(c34)C[C@H]21. The first-order chi connectivity index (χ1) is 12.1. The molecule has 0 bridgehead atoms. The van der Waals surface area contributed by atoms with Crippen LogP contribution < -0.4 is 5.32 Å². The molecule has 1 aliphatic carbocycles. The maximum absolute atomic E-state index is 5.41. The molecule has 0 spiro atoms. The molecule has 0 unspecified atom stereocenters. The summed E-state index contributed by atoms with van der Waals surface area (Å²) in [5.41, 5.74) is 5.70. The third kappa shape index (κ3) is 3.00. The Hall–Kier alpha value is -1.04. The maximum atomic E-state index is 5.41. The summed E-state index contributed by atoms with van der Waals surface area (Å²) >= 11 is 9.73. The number of nitrogens with one attached hydrogen (secondary N) is 2. The highest BCUT2D eigenvalue weighted by atomic mass is 32.1. The molecule has 5 heteroatoms. The first-order valence-electron chi connectivity index (χ1n) is 9.36. The van der Waals surface area contributed by atoms with Crippen LogP contribution in [0.2, 0.25) is 0 Å². The number of hydrogen-bond donors (Lipinski definition) is 3. The molecule has 3 nitrogen and oxygen atoms in total. The maximum Gasteiger partial charge on any atom is 0.0853 e. The number of fused-ring (bicyclic) bond motifs is 2. The van der Waals surface area contributed by atoms with Crippen LogP contribution in [0.15, 0.2) is 18.2 Å². The van der Waals surface area contributed by atoms with Crippen LogP contribution in [-0.4, -0.2) is 45.8 Å². The van der Waals surface area contributed by atoms with Gasteiger partial charge in [0.05, 0.1) is 4.99 Å². The summed E-state index contributed by atoms with van der Waals surface area (Å²) in [5.74, 6) is 1.21. The van der Waals surface area contributed by atoms with Crippen LogP contribution in [0, 0.1) is 6.92 Å². The fourth-order valence-corrected chi connectivity index (χ4v) is 5.25. The summed E-state index contributed by atoms with van der Waals surface area (Å²) < 4.78 is 0. The Bertz CT molecular complexity index is 798. The number of thiocarbonyl (C=S) groups is 1. The van der Waals surface area contributed by atoms with Crippen molar-refractivity contribution in [1.82, 2.24) is 15.2 Å². The van der Waals surface area contributed by atoms with Crippen molar-refractivity contribution in [3.05, 3.63) is 35.0 Å². The molecule has 2 aromatic rings. The summed E-state index contributed by atoms with van der Waals surface area (Å²) in [5, 5.41) is 5.04. The van der Waals surface area contributed by atoms with Gasteiger partial charge in [0.1, 0.15) is 0 Å². The molecule has 134 valence electrons. The Kier molecular flexibility index (Phi) is 4.82. The van der Waals surface area contributed by atoms with E-state index < -0.39 is 0 Å². The Morgan fingerprint density at radius 2 is 2.28 bits per heavy atom. The Balaban J connectivity index is 1.74. The van der Waals surface area contributed by atoms with Crippen molar-refractivity contribution in [2.45, 2.75) is 51.1 Å². The second-order valence-corrected chi connectivity index (χ2v) is 8.34. The predicted octanol–water partition coefficient (Wildman–Crippen LogP) is 3.82. The van der Waals surface area contributed by atoms with Gasteiger partial charge in [-0.25, -0.2) is 0 Å². The van der Waals surface area contributed by atoms with Crippen LogP contribution in [0.1, 0.15) is 42.5 Å². The predicted molar refractivity (Wildman–Crippen MR) is 113 cm³/mol. The first-order valence-corrected chi connectivity index (χ1v) is 10.4. The molecular formula is C20H27N3S2. The van der Waals surface area contributed by atoms with Crippen molar-refractivity contribution < 1.29 is 0 Å². The number of thiol groups is 1. The third-order valence-electron chi connectivity index (χ3n) is 5.93. The number of aromatic amines is 1. The lowest BCUT2D eigenvalue weighted by Gasteiger charge is -2.47. The van der Waals surface area contributed by atoms with Gasteiger partial charge in [-0.05, 0) is 49.9 Å². The van der Waals surface area contributed by atoms with Crippen LogP contribution in [0.4, 0.5) is 0 Å². The van der Waals surface area contributed by atoms with E-state index in [0.717, 1.165) is 30.9 Å². The number of rotatable bonds is 4. The van der Waals surface area contributed by atoms with E-state index in [1.165, 1.54) is 34.1 Å². The molecule has 2 heterocycles. The van der Waals surface area contributed by atoms with Gasteiger partial charge in [0, 0.05) is 46.9 Å². The zero-order valence-electron chi connectivity index (χ0n) is 15.0. The standard InChI is InChI=1S/C20H27N3S2/c1-3-7-23-10-13(22-19(25)11-24)8-16-14-5-4-6-17-20(14)15(9-18(16)23)12(2)21-17/h4-6,13,16,18,21,24H,3,7-11H2,1-2H3,(H,22,25)/t13-,16+,18+/m0/s1. The van der Waals surface area contributed by atoms with Gasteiger partial charge in [-0.2, -0.15) is 12.6 Å². The Morgan fingerprint density at radius 1 is 1.44 bits per heavy atom. The number of aryl methyl sites for hydroxylation is 1. The number of aromatic nitrogens is 1. The van der Waals surface area contributed by atoms with E-state index in [0.29, 0.717) is 23.8 Å². The van der Waals surface area contributed by atoms with Gasteiger partial charge >= 0.3 is 0 Å². The largest absolute Gasteiger partial charge is 0.375 e. The van der Waals surface area contributed by atoms with Crippen LogP contribution >= 0.6 is 24.8 Å². The minimum atomic E-state index is 0.421. The molecule has 0 radical (unpaired) electrons. The molecule has 25 heavy (non-hydrogen) atoms. The number of H-pyrrole nitrogens is 1. The van der Waals surface area contributed by atoms with Gasteiger partial charge in [-0.3, -0.25) is 4.90 Å².